The molecule has 0 spiro atoms. The first-order valence-electron chi connectivity index (χ1n) is 8.84. The third kappa shape index (κ3) is 3.55. The molecule has 1 fully saturated rings. The van der Waals surface area contributed by atoms with Gasteiger partial charge in [0.25, 0.3) is 5.91 Å². The molecular weight excluding hydrogens is 383 g/mol. The standard InChI is InChI=1S/C19H18ClFN6O/c1-13-22-4-5-27(13)18-11-17(23-12-24-18)25-6-8-26(9-7-25)19(28)15-3-2-14(21)10-16(15)20/h2-5,10-12H,6-9H2,1H3. The van der Waals surface area contributed by atoms with Gasteiger partial charge in [-0.15, -0.1) is 0 Å². The molecule has 0 N–H and O–H groups in total. The number of hydrogen-bond donors (Lipinski definition) is 0. The third-order valence-corrected chi connectivity index (χ3v) is 5.08. The highest BCUT2D eigenvalue weighted by Crippen LogP contribution is 2.21. The quantitative estimate of drug-likeness (QED) is 0.676. The lowest BCUT2D eigenvalue weighted by molar-refractivity contribution is 0.0746. The summed E-state index contributed by atoms with van der Waals surface area (Å²) in [6.07, 6.45) is 5.10. The molecule has 0 bridgehead atoms. The minimum atomic E-state index is -0.459. The van der Waals surface area contributed by atoms with Crippen LogP contribution < -0.4 is 4.90 Å². The predicted molar refractivity (Wildman–Crippen MR) is 103 cm³/mol. The van der Waals surface area contributed by atoms with Gasteiger partial charge in [-0.2, -0.15) is 0 Å². The van der Waals surface area contributed by atoms with Crippen molar-refractivity contribution in [3.05, 3.63) is 65.2 Å². The number of piperazine rings is 1. The number of anilines is 1. The molecule has 1 aliphatic heterocycles. The molecule has 0 atom stereocenters. The Morgan fingerprint density at radius 3 is 2.50 bits per heavy atom. The highest BCUT2D eigenvalue weighted by molar-refractivity contribution is 6.33. The zero-order valence-corrected chi connectivity index (χ0v) is 16.0. The van der Waals surface area contributed by atoms with Crippen LogP contribution in [0.5, 0.6) is 0 Å². The number of carbonyl (C=O) groups excluding carboxylic acids is 1. The van der Waals surface area contributed by atoms with Crippen molar-refractivity contribution in [1.82, 2.24) is 24.4 Å². The number of hydrogen-bond acceptors (Lipinski definition) is 5. The van der Waals surface area contributed by atoms with E-state index in [4.69, 9.17) is 11.6 Å². The van der Waals surface area contributed by atoms with Gasteiger partial charge in [-0.25, -0.2) is 19.3 Å². The van der Waals surface area contributed by atoms with E-state index in [1.807, 2.05) is 23.8 Å². The van der Waals surface area contributed by atoms with Gasteiger partial charge in [-0.1, -0.05) is 11.6 Å². The number of rotatable bonds is 3. The van der Waals surface area contributed by atoms with Crippen LogP contribution >= 0.6 is 11.6 Å². The normalized spacial score (nSPS) is 14.4. The molecular formula is C19H18ClFN6O. The molecule has 4 rings (SSSR count). The minimum Gasteiger partial charge on any atom is -0.353 e. The lowest BCUT2D eigenvalue weighted by atomic mass is 10.1. The van der Waals surface area contributed by atoms with Crippen molar-refractivity contribution in [2.45, 2.75) is 6.92 Å². The molecule has 28 heavy (non-hydrogen) atoms. The Kier molecular flexibility index (Phi) is 4.95. The maximum atomic E-state index is 13.2. The molecule has 1 aromatic carbocycles. The fraction of sp³-hybridized carbons (Fsp3) is 0.263. The Bertz CT molecular complexity index is 1020. The fourth-order valence-corrected chi connectivity index (χ4v) is 3.48. The Morgan fingerprint density at radius 1 is 1.07 bits per heavy atom. The van der Waals surface area contributed by atoms with Crippen LogP contribution in [0.25, 0.3) is 5.82 Å². The zero-order valence-electron chi connectivity index (χ0n) is 15.2. The summed E-state index contributed by atoms with van der Waals surface area (Å²) in [6, 6.07) is 5.74. The molecule has 3 heterocycles. The van der Waals surface area contributed by atoms with Gasteiger partial charge in [0.05, 0.1) is 10.6 Å². The summed E-state index contributed by atoms with van der Waals surface area (Å²) in [5.41, 5.74) is 0.316. The summed E-state index contributed by atoms with van der Waals surface area (Å²) in [7, 11) is 0. The molecule has 7 nitrogen and oxygen atoms in total. The second kappa shape index (κ2) is 7.55. The number of aromatic nitrogens is 4. The summed E-state index contributed by atoms with van der Waals surface area (Å²) in [5, 5.41) is 0.128. The number of benzene rings is 1. The second-order valence-corrected chi connectivity index (χ2v) is 6.89. The molecule has 1 saturated heterocycles. The van der Waals surface area contributed by atoms with E-state index in [0.29, 0.717) is 31.7 Å². The predicted octanol–water partition coefficient (Wildman–Crippen LogP) is 2.73. The van der Waals surface area contributed by atoms with Gasteiger partial charge >= 0.3 is 0 Å². The zero-order chi connectivity index (χ0) is 19.7. The van der Waals surface area contributed by atoms with Gasteiger partial charge in [0.2, 0.25) is 0 Å². The van der Waals surface area contributed by atoms with Crippen molar-refractivity contribution in [2.75, 3.05) is 31.1 Å². The van der Waals surface area contributed by atoms with Gasteiger partial charge in [0.15, 0.2) is 0 Å². The molecule has 2 aromatic heterocycles. The van der Waals surface area contributed by atoms with E-state index in [9.17, 15) is 9.18 Å². The van der Waals surface area contributed by atoms with Crippen LogP contribution in [0.4, 0.5) is 10.2 Å². The van der Waals surface area contributed by atoms with Crippen LogP contribution in [0.3, 0.4) is 0 Å². The topological polar surface area (TPSA) is 67.2 Å². The number of nitrogens with zero attached hydrogens (tertiary/aromatic N) is 6. The largest absolute Gasteiger partial charge is 0.353 e. The van der Waals surface area contributed by atoms with Gasteiger partial charge in [-0.3, -0.25) is 9.36 Å². The van der Waals surface area contributed by atoms with E-state index >= 15 is 0 Å². The molecule has 1 amide bonds. The van der Waals surface area contributed by atoms with E-state index < -0.39 is 5.82 Å². The van der Waals surface area contributed by atoms with Crippen molar-refractivity contribution >= 4 is 23.3 Å². The van der Waals surface area contributed by atoms with Crippen LogP contribution in [0, 0.1) is 12.7 Å². The first kappa shape index (κ1) is 18.4. The summed E-state index contributed by atoms with van der Waals surface area (Å²) in [6.45, 7) is 4.21. The maximum absolute atomic E-state index is 13.2. The summed E-state index contributed by atoms with van der Waals surface area (Å²) in [5.74, 6) is 1.74. The van der Waals surface area contributed by atoms with E-state index in [0.717, 1.165) is 23.5 Å². The molecule has 1 aliphatic rings. The monoisotopic (exact) mass is 400 g/mol. The van der Waals surface area contributed by atoms with Crippen molar-refractivity contribution in [3.8, 4) is 5.82 Å². The van der Waals surface area contributed by atoms with Gasteiger partial charge < -0.3 is 9.80 Å². The van der Waals surface area contributed by atoms with Crippen LogP contribution in [-0.4, -0.2) is 56.5 Å². The van der Waals surface area contributed by atoms with Gasteiger partial charge in [0, 0.05) is 44.6 Å². The summed E-state index contributed by atoms with van der Waals surface area (Å²) in [4.78, 5) is 29.4. The molecule has 0 aliphatic carbocycles. The summed E-state index contributed by atoms with van der Waals surface area (Å²) >= 11 is 6.02. The van der Waals surface area contributed by atoms with E-state index in [-0.39, 0.29) is 10.9 Å². The maximum Gasteiger partial charge on any atom is 0.255 e. The van der Waals surface area contributed by atoms with Crippen molar-refractivity contribution < 1.29 is 9.18 Å². The average Bonchev–Trinajstić information content (AvgIpc) is 3.14. The van der Waals surface area contributed by atoms with Crippen molar-refractivity contribution in [1.29, 1.82) is 0 Å². The Labute approximate surface area is 166 Å². The second-order valence-electron chi connectivity index (χ2n) is 6.48. The first-order valence-corrected chi connectivity index (χ1v) is 9.22. The van der Waals surface area contributed by atoms with E-state index in [2.05, 4.69) is 19.9 Å². The Balaban J connectivity index is 1.46. The van der Waals surface area contributed by atoms with Crippen LogP contribution in [0.1, 0.15) is 16.2 Å². The van der Waals surface area contributed by atoms with Crippen LogP contribution in [-0.2, 0) is 0 Å². The number of aryl methyl sites for hydroxylation is 1. The van der Waals surface area contributed by atoms with Crippen LogP contribution in [0.15, 0.2) is 43.0 Å². The molecule has 0 radical (unpaired) electrons. The molecule has 0 saturated carbocycles. The lowest BCUT2D eigenvalue weighted by Gasteiger charge is -2.35. The van der Waals surface area contributed by atoms with Gasteiger partial charge in [0.1, 0.15) is 29.6 Å². The first-order chi connectivity index (χ1) is 13.5. The number of imidazole rings is 1. The van der Waals surface area contributed by atoms with E-state index in [1.54, 1.807) is 11.1 Å². The molecule has 9 heteroatoms. The number of carbonyl (C=O) groups is 1. The minimum absolute atomic E-state index is 0.128. The van der Waals surface area contributed by atoms with Crippen molar-refractivity contribution in [2.24, 2.45) is 0 Å². The average molecular weight is 401 g/mol. The van der Waals surface area contributed by atoms with Gasteiger partial charge in [-0.05, 0) is 25.1 Å². The SMILES string of the molecule is Cc1nccn1-c1cc(N2CCN(C(=O)c3ccc(F)cc3Cl)CC2)ncn1. The molecule has 0 unspecified atom stereocenters. The lowest BCUT2D eigenvalue weighted by Crippen LogP contribution is -2.49. The Hall–Kier alpha value is -3.00. The molecule has 144 valence electrons. The van der Waals surface area contributed by atoms with E-state index in [1.165, 1.54) is 18.5 Å². The van der Waals surface area contributed by atoms with Crippen molar-refractivity contribution in [3.63, 3.8) is 0 Å². The highest BCUT2D eigenvalue weighted by atomic mass is 35.5. The molecule has 3 aromatic rings. The fourth-order valence-electron chi connectivity index (χ4n) is 3.23. The smallest absolute Gasteiger partial charge is 0.255 e. The highest BCUT2D eigenvalue weighted by Gasteiger charge is 2.24. The summed E-state index contributed by atoms with van der Waals surface area (Å²) < 4.78 is 15.1. The number of halogens is 2. The Morgan fingerprint density at radius 2 is 1.82 bits per heavy atom. The number of amides is 1. The van der Waals surface area contributed by atoms with Crippen LogP contribution in [0.2, 0.25) is 5.02 Å². The third-order valence-electron chi connectivity index (χ3n) is 4.76.